The molecule has 0 radical (unpaired) electrons. The van der Waals surface area contributed by atoms with Gasteiger partial charge >= 0.3 is 0 Å². The Morgan fingerprint density at radius 1 is 1.32 bits per heavy atom. The Morgan fingerprint density at radius 2 is 2.11 bits per heavy atom. The summed E-state index contributed by atoms with van der Waals surface area (Å²) in [6, 6.07) is 2.02. The highest BCUT2D eigenvalue weighted by molar-refractivity contribution is 5.87. The molecule has 0 spiro atoms. The van der Waals surface area contributed by atoms with Gasteiger partial charge in [0.05, 0.1) is 11.5 Å². The Balaban J connectivity index is 1.73. The van der Waals surface area contributed by atoms with Crippen molar-refractivity contribution in [3.63, 3.8) is 0 Å². The minimum absolute atomic E-state index is 0.262. The van der Waals surface area contributed by atoms with Crippen LogP contribution in [-0.2, 0) is 0 Å². The number of β-amino-alcohol motifs (C(OH)–C–C–N with tert-alkyl or cyclic N) is 1. The molecule has 0 amide bonds. The van der Waals surface area contributed by atoms with E-state index in [1.165, 1.54) is 0 Å². The molecule has 102 valence electrons. The van der Waals surface area contributed by atoms with Gasteiger partial charge in [0, 0.05) is 38.9 Å². The van der Waals surface area contributed by atoms with E-state index in [1.54, 1.807) is 6.33 Å². The van der Waals surface area contributed by atoms with Crippen molar-refractivity contribution >= 4 is 16.9 Å². The molecule has 3 heterocycles. The molecule has 0 aromatic carbocycles. The molecule has 0 bridgehead atoms. The predicted octanol–water partition coefficient (Wildman–Crippen LogP) is 0.461. The van der Waals surface area contributed by atoms with Gasteiger partial charge < -0.3 is 15.0 Å². The molecule has 2 aromatic heterocycles. The van der Waals surface area contributed by atoms with Gasteiger partial charge in [0.1, 0.15) is 17.8 Å². The number of rotatable bonds is 3. The number of H-pyrrole nitrogens is 1. The van der Waals surface area contributed by atoms with Gasteiger partial charge in [0.15, 0.2) is 0 Å². The quantitative estimate of drug-likeness (QED) is 0.840. The van der Waals surface area contributed by atoms with Crippen LogP contribution in [0.5, 0.6) is 0 Å². The molecule has 19 heavy (non-hydrogen) atoms. The highest BCUT2D eigenvalue weighted by Crippen LogP contribution is 2.22. The number of aromatic nitrogens is 3. The lowest BCUT2D eigenvalue weighted by molar-refractivity contribution is 0.122. The second kappa shape index (κ2) is 5.14. The van der Waals surface area contributed by atoms with E-state index >= 15 is 0 Å². The number of hydrogen-bond donors (Lipinski definition) is 2. The zero-order chi connectivity index (χ0) is 13.2. The van der Waals surface area contributed by atoms with Crippen LogP contribution in [0, 0.1) is 0 Å². The van der Waals surface area contributed by atoms with Crippen molar-refractivity contribution in [3.8, 4) is 0 Å². The van der Waals surface area contributed by atoms with E-state index in [1.807, 2.05) is 19.2 Å². The lowest BCUT2D eigenvalue weighted by Gasteiger charge is -2.36. The van der Waals surface area contributed by atoms with Crippen molar-refractivity contribution in [2.75, 3.05) is 37.6 Å². The molecule has 1 saturated heterocycles. The molecule has 3 rings (SSSR count). The maximum Gasteiger partial charge on any atom is 0.142 e. The Hall–Kier alpha value is -1.66. The average molecular weight is 261 g/mol. The predicted molar refractivity (Wildman–Crippen MR) is 74.2 cm³/mol. The van der Waals surface area contributed by atoms with E-state index in [4.69, 9.17) is 0 Å². The number of aliphatic hydroxyl groups excluding tert-OH is 1. The third kappa shape index (κ3) is 2.54. The topological polar surface area (TPSA) is 68.3 Å². The molecule has 0 aliphatic carbocycles. The van der Waals surface area contributed by atoms with E-state index in [0.717, 1.165) is 49.6 Å². The molecule has 0 saturated carbocycles. The molecular weight excluding hydrogens is 242 g/mol. The summed E-state index contributed by atoms with van der Waals surface area (Å²) in [5.41, 5.74) is 0.886. The fourth-order valence-electron chi connectivity index (χ4n) is 2.63. The highest BCUT2D eigenvalue weighted by atomic mass is 16.3. The van der Waals surface area contributed by atoms with Crippen molar-refractivity contribution in [1.29, 1.82) is 0 Å². The summed E-state index contributed by atoms with van der Waals surface area (Å²) in [4.78, 5) is 16.3. The van der Waals surface area contributed by atoms with Crippen LogP contribution in [-0.4, -0.2) is 63.8 Å². The summed E-state index contributed by atoms with van der Waals surface area (Å²) in [5.74, 6) is 1.00. The Labute approximate surface area is 112 Å². The molecule has 1 aliphatic rings. The molecule has 1 fully saturated rings. The van der Waals surface area contributed by atoms with Crippen LogP contribution in [0.4, 0.5) is 5.82 Å². The first-order chi connectivity index (χ1) is 9.24. The molecular formula is C13H19N5O. The number of piperazine rings is 1. The monoisotopic (exact) mass is 261 g/mol. The van der Waals surface area contributed by atoms with E-state index in [0.29, 0.717) is 0 Å². The minimum atomic E-state index is -0.262. The van der Waals surface area contributed by atoms with Gasteiger partial charge in [-0.2, -0.15) is 0 Å². The lowest BCUT2D eigenvalue weighted by atomic mass is 10.2. The number of aromatic amines is 1. The summed E-state index contributed by atoms with van der Waals surface area (Å²) in [6.07, 6.45) is 3.24. The number of hydrogen-bond acceptors (Lipinski definition) is 5. The molecule has 2 N–H and O–H groups in total. The van der Waals surface area contributed by atoms with Gasteiger partial charge in [0.2, 0.25) is 0 Å². The summed E-state index contributed by atoms with van der Waals surface area (Å²) < 4.78 is 0. The van der Waals surface area contributed by atoms with Gasteiger partial charge in [-0.1, -0.05) is 0 Å². The van der Waals surface area contributed by atoms with Crippen LogP contribution in [0.25, 0.3) is 11.0 Å². The Morgan fingerprint density at radius 3 is 2.84 bits per heavy atom. The molecule has 6 nitrogen and oxygen atoms in total. The number of aliphatic hydroxyl groups is 1. The van der Waals surface area contributed by atoms with Crippen LogP contribution in [0.15, 0.2) is 18.6 Å². The normalized spacial score (nSPS) is 18.9. The number of fused-ring (bicyclic) bond motifs is 1. The Kier molecular flexibility index (Phi) is 3.35. The molecule has 2 aromatic rings. The van der Waals surface area contributed by atoms with E-state index < -0.39 is 0 Å². The standard InChI is InChI=1S/C13H19N5O/c1-10(19)8-17-4-6-18(7-5-17)13-11-2-3-14-12(11)15-9-16-13/h2-3,9-10,19H,4-8H2,1H3,(H,14,15,16). The molecule has 1 aliphatic heterocycles. The number of anilines is 1. The third-order valence-corrected chi connectivity index (χ3v) is 3.53. The van der Waals surface area contributed by atoms with Gasteiger partial charge in [-0.3, -0.25) is 4.90 Å². The largest absolute Gasteiger partial charge is 0.392 e. The summed E-state index contributed by atoms with van der Waals surface area (Å²) in [5, 5.41) is 10.5. The third-order valence-electron chi connectivity index (χ3n) is 3.53. The van der Waals surface area contributed by atoms with Crippen LogP contribution in [0.3, 0.4) is 0 Å². The van der Waals surface area contributed by atoms with E-state index in [-0.39, 0.29) is 6.10 Å². The van der Waals surface area contributed by atoms with Crippen LogP contribution < -0.4 is 4.90 Å². The highest BCUT2D eigenvalue weighted by Gasteiger charge is 2.20. The van der Waals surface area contributed by atoms with Crippen LogP contribution in [0.1, 0.15) is 6.92 Å². The van der Waals surface area contributed by atoms with Crippen molar-refractivity contribution in [2.24, 2.45) is 0 Å². The van der Waals surface area contributed by atoms with Crippen LogP contribution in [0.2, 0.25) is 0 Å². The minimum Gasteiger partial charge on any atom is -0.392 e. The first-order valence-electron chi connectivity index (χ1n) is 6.67. The average Bonchev–Trinajstić information content (AvgIpc) is 2.87. The maximum absolute atomic E-state index is 9.42. The number of nitrogens with zero attached hydrogens (tertiary/aromatic N) is 4. The molecule has 6 heteroatoms. The van der Waals surface area contributed by atoms with Crippen LogP contribution >= 0.6 is 0 Å². The fraction of sp³-hybridized carbons (Fsp3) is 0.538. The van der Waals surface area contributed by atoms with Crippen molar-refractivity contribution in [1.82, 2.24) is 19.9 Å². The molecule has 1 atom stereocenters. The smallest absolute Gasteiger partial charge is 0.142 e. The molecule has 1 unspecified atom stereocenters. The summed E-state index contributed by atoms with van der Waals surface area (Å²) >= 11 is 0. The zero-order valence-corrected chi connectivity index (χ0v) is 11.1. The fourth-order valence-corrected chi connectivity index (χ4v) is 2.63. The van der Waals surface area contributed by atoms with Gasteiger partial charge in [0.25, 0.3) is 0 Å². The van der Waals surface area contributed by atoms with Gasteiger partial charge in [-0.15, -0.1) is 0 Å². The van der Waals surface area contributed by atoms with E-state index in [9.17, 15) is 5.11 Å². The summed E-state index contributed by atoms with van der Waals surface area (Å²) in [6.45, 7) is 6.37. The first-order valence-corrected chi connectivity index (χ1v) is 6.67. The SMILES string of the molecule is CC(O)CN1CCN(c2ncnc3[nH]ccc23)CC1. The lowest BCUT2D eigenvalue weighted by Crippen LogP contribution is -2.48. The summed E-state index contributed by atoms with van der Waals surface area (Å²) in [7, 11) is 0. The Bertz CT molecular complexity index is 545. The number of nitrogens with one attached hydrogen (secondary N) is 1. The van der Waals surface area contributed by atoms with Crippen molar-refractivity contribution < 1.29 is 5.11 Å². The van der Waals surface area contributed by atoms with Gasteiger partial charge in [-0.25, -0.2) is 9.97 Å². The first kappa shape index (κ1) is 12.4. The van der Waals surface area contributed by atoms with E-state index in [2.05, 4.69) is 24.8 Å². The second-order valence-electron chi connectivity index (χ2n) is 5.07. The van der Waals surface area contributed by atoms with Crippen molar-refractivity contribution in [3.05, 3.63) is 18.6 Å². The maximum atomic E-state index is 9.42. The van der Waals surface area contributed by atoms with Gasteiger partial charge in [-0.05, 0) is 13.0 Å². The zero-order valence-electron chi connectivity index (χ0n) is 11.1. The second-order valence-corrected chi connectivity index (χ2v) is 5.07. The van der Waals surface area contributed by atoms with Crippen molar-refractivity contribution in [2.45, 2.75) is 13.0 Å².